The predicted molar refractivity (Wildman–Crippen MR) is 97.4 cm³/mol. The number of nitrogen functional groups attached to an aromatic ring is 1. The Kier molecular flexibility index (Phi) is 3.73. The van der Waals surface area contributed by atoms with Gasteiger partial charge < -0.3 is 10.5 Å². The van der Waals surface area contributed by atoms with Gasteiger partial charge in [0.05, 0.1) is 18.0 Å². The first-order valence-electron chi connectivity index (χ1n) is 8.17. The van der Waals surface area contributed by atoms with Gasteiger partial charge in [-0.3, -0.25) is 0 Å². The Hall–Kier alpha value is -2.40. The number of ether oxygens (including phenoxy) is 1. The number of nitrogens with zero attached hydrogens (tertiary/aromatic N) is 1. The number of carbonyl (C=O) groups is 1. The molecule has 2 aromatic heterocycles. The molecule has 2 heterocycles. The first-order valence-corrected chi connectivity index (χ1v) is 8.98. The lowest BCUT2D eigenvalue weighted by Crippen LogP contribution is -2.05. The van der Waals surface area contributed by atoms with Crippen LogP contribution in [0.2, 0.25) is 0 Å². The quantitative estimate of drug-likeness (QED) is 0.727. The molecule has 0 fully saturated rings. The van der Waals surface area contributed by atoms with E-state index >= 15 is 0 Å². The highest BCUT2D eigenvalue weighted by molar-refractivity contribution is 7.21. The minimum Gasteiger partial charge on any atom is -0.462 e. The van der Waals surface area contributed by atoms with Crippen molar-refractivity contribution >= 4 is 33.2 Å². The molecule has 0 saturated carbocycles. The number of anilines is 1. The van der Waals surface area contributed by atoms with Crippen LogP contribution in [0, 0.1) is 0 Å². The van der Waals surface area contributed by atoms with Crippen molar-refractivity contribution in [2.75, 3.05) is 12.3 Å². The van der Waals surface area contributed by atoms with Gasteiger partial charge in [-0.2, -0.15) is 0 Å². The molecule has 1 aliphatic rings. The smallest absolute Gasteiger partial charge is 0.350 e. The van der Waals surface area contributed by atoms with Gasteiger partial charge in [-0.05, 0) is 37.3 Å². The predicted octanol–water partition coefficient (Wildman–Crippen LogP) is 4.21. The maximum atomic E-state index is 12.2. The van der Waals surface area contributed by atoms with Crippen LogP contribution in [-0.4, -0.2) is 17.6 Å². The molecule has 3 aromatic rings. The number of hydrogen-bond donors (Lipinski definition) is 1. The van der Waals surface area contributed by atoms with E-state index < -0.39 is 0 Å². The lowest BCUT2D eigenvalue weighted by Gasteiger charge is -2.09. The number of carbonyl (C=O) groups excluding carboxylic acids is 1. The molecule has 1 aromatic carbocycles. The number of benzene rings is 1. The molecule has 1 aliphatic carbocycles. The third kappa shape index (κ3) is 2.27. The number of fused-ring (bicyclic) bond motifs is 3. The summed E-state index contributed by atoms with van der Waals surface area (Å²) >= 11 is 1.34. The fraction of sp³-hybridized carbons (Fsp3) is 0.263. The summed E-state index contributed by atoms with van der Waals surface area (Å²) in [5, 5.41) is 0.954. The van der Waals surface area contributed by atoms with Gasteiger partial charge in [-0.25, -0.2) is 9.78 Å². The minimum atomic E-state index is -0.356. The van der Waals surface area contributed by atoms with Gasteiger partial charge in [0.2, 0.25) is 0 Å². The van der Waals surface area contributed by atoms with E-state index in [0.29, 0.717) is 17.2 Å². The number of esters is 1. The zero-order chi connectivity index (χ0) is 16.7. The van der Waals surface area contributed by atoms with E-state index in [1.54, 1.807) is 6.92 Å². The van der Waals surface area contributed by atoms with Crippen LogP contribution in [0.5, 0.6) is 0 Å². The molecule has 0 spiro atoms. The maximum absolute atomic E-state index is 12.2. The van der Waals surface area contributed by atoms with Gasteiger partial charge in [0.25, 0.3) is 0 Å². The molecular formula is C19H18N2O2S. The van der Waals surface area contributed by atoms with Crippen LogP contribution >= 0.6 is 11.3 Å². The van der Waals surface area contributed by atoms with Crippen molar-refractivity contribution in [2.24, 2.45) is 0 Å². The van der Waals surface area contributed by atoms with Crippen molar-refractivity contribution < 1.29 is 9.53 Å². The second-order valence-electron chi connectivity index (χ2n) is 5.88. The second-order valence-corrected chi connectivity index (χ2v) is 6.88. The summed E-state index contributed by atoms with van der Waals surface area (Å²) in [7, 11) is 0. The Morgan fingerprint density at radius 3 is 2.75 bits per heavy atom. The van der Waals surface area contributed by atoms with Crippen LogP contribution in [0.25, 0.3) is 21.5 Å². The topological polar surface area (TPSA) is 65.2 Å². The van der Waals surface area contributed by atoms with E-state index in [9.17, 15) is 4.79 Å². The fourth-order valence-corrected chi connectivity index (χ4v) is 4.45. The van der Waals surface area contributed by atoms with Crippen LogP contribution in [0.1, 0.15) is 34.1 Å². The molecule has 0 atom stereocenters. The van der Waals surface area contributed by atoms with E-state index in [0.717, 1.165) is 40.7 Å². The number of pyridine rings is 1. The Morgan fingerprint density at radius 2 is 2.00 bits per heavy atom. The molecule has 0 amide bonds. The van der Waals surface area contributed by atoms with Crippen molar-refractivity contribution in [3.8, 4) is 11.3 Å². The van der Waals surface area contributed by atoms with Gasteiger partial charge >= 0.3 is 5.97 Å². The lowest BCUT2D eigenvalue weighted by atomic mass is 10.0. The van der Waals surface area contributed by atoms with E-state index in [2.05, 4.69) is 12.1 Å². The summed E-state index contributed by atoms with van der Waals surface area (Å²) in [4.78, 5) is 18.3. The summed E-state index contributed by atoms with van der Waals surface area (Å²) in [6.07, 6.45) is 3.09. The zero-order valence-corrected chi connectivity index (χ0v) is 14.3. The number of nitrogens with two attached hydrogens (primary N) is 1. The molecule has 2 N–H and O–H groups in total. The van der Waals surface area contributed by atoms with Crippen LogP contribution in [0.15, 0.2) is 30.3 Å². The summed E-state index contributed by atoms with van der Waals surface area (Å²) < 4.78 is 5.14. The molecule has 0 aliphatic heterocycles. The van der Waals surface area contributed by atoms with Crippen molar-refractivity contribution in [1.29, 1.82) is 0 Å². The van der Waals surface area contributed by atoms with Crippen molar-refractivity contribution in [3.05, 3.63) is 46.3 Å². The first-order chi connectivity index (χ1) is 11.7. The third-order valence-electron chi connectivity index (χ3n) is 4.45. The van der Waals surface area contributed by atoms with Gasteiger partial charge in [0.15, 0.2) is 0 Å². The van der Waals surface area contributed by atoms with Crippen molar-refractivity contribution in [2.45, 2.75) is 26.2 Å². The molecule has 0 bridgehead atoms. The van der Waals surface area contributed by atoms with Gasteiger partial charge in [0, 0.05) is 10.9 Å². The van der Waals surface area contributed by atoms with Crippen molar-refractivity contribution in [3.63, 3.8) is 0 Å². The maximum Gasteiger partial charge on any atom is 0.350 e. The number of hydrogen-bond acceptors (Lipinski definition) is 5. The fourth-order valence-electron chi connectivity index (χ4n) is 3.43. The highest BCUT2D eigenvalue weighted by Crippen LogP contribution is 2.42. The Labute approximate surface area is 144 Å². The second kappa shape index (κ2) is 5.91. The number of aromatic nitrogens is 1. The summed E-state index contributed by atoms with van der Waals surface area (Å²) in [5.74, 6) is -0.356. The van der Waals surface area contributed by atoms with Crippen LogP contribution in [0.4, 0.5) is 5.69 Å². The summed E-state index contributed by atoms with van der Waals surface area (Å²) in [5.41, 5.74) is 11.5. The van der Waals surface area contributed by atoms with E-state index in [-0.39, 0.29) is 5.97 Å². The highest BCUT2D eigenvalue weighted by Gasteiger charge is 2.26. The number of rotatable bonds is 3. The van der Waals surface area contributed by atoms with Crippen molar-refractivity contribution in [1.82, 2.24) is 4.98 Å². The molecule has 0 radical (unpaired) electrons. The third-order valence-corrected chi connectivity index (χ3v) is 5.53. The van der Waals surface area contributed by atoms with E-state index in [4.69, 9.17) is 15.5 Å². The summed E-state index contributed by atoms with van der Waals surface area (Å²) in [6.45, 7) is 2.14. The molecule has 24 heavy (non-hydrogen) atoms. The molecule has 4 nitrogen and oxygen atoms in total. The molecule has 122 valence electrons. The average Bonchev–Trinajstić information content (AvgIpc) is 3.19. The Morgan fingerprint density at radius 1 is 1.25 bits per heavy atom. The zero-order valence-electron chi connectivity index (χ0n) is 13.5. The Bertz CT molecular complexity index is 932. The molecule has 5 heteroatoms. The van der Waals surface area contributed by atoms with Gasteiger partial charge in [0.1, 0.15) is 9.71 Å². The highest BCUT2D eigenvalue weighted by atomic mass is 32.1. The largest absolute Gasteiger partial charge is 0.462 e. The first kappa shape index (κ1) is 15.1. The van der Waals surface area contributed by atoms with Gasteiger partial charge in [-0.15, -0.1) is 11.3 Å². The monoisotopic (exact) mass is 338 g/mol. The van der Waals surface area contributed by atoms with E-state index in [1.165, 1.54) is 22.5 Å². The number of aryl methyl sites for hydroxylation is 1. The van der Waals surface area contributed by atoms with Gasteiger partial charge in [-0.1, -0.05) is 30.3 Å². The molecule has 4 rings (SSSR count). The summed E-state index contributed by atoms with van der Waals surface area (Å²) in [6, 6.07) is 10.2. The minimum absolute atomic E-state index is 0.341. The standard InChI is InChI=1S/C19H18N2O2S/c1-2-23-19(22)17-15(20)14-12-9-6-10-13(12)16(21-18(14)24-17)11-7-4-3-5-8-11/h3-5,7-8H,2,6,9-10,20H2,1H3. The number of thiophene rings is 1. The molecule has 0 unspecified atom stereocenters. The SMILES string of the molecule is CCOC(=O)c1sc2nc(-c3ccccc3)c3c(c2c1N)CCC3. The van der Waals surface area contributed by atoms with Crippen LogP contribution in [-0.2, 0) is 17.6 Å². The average molecular weight is 338 g/mol. The van der Waals surface area contributed by atoms with Crippen LogP contribution < -0.4 is 5.73 Å². The lowest BCUT2D eigenvalue weighted by molar-refractivity contribution is 0.0533. The molecule has 0 saturated heterocycles. The Balaban J connectivity index is 1.97. The van der Waals surface area contributed by atoms with E-state index in [1.807, 2.05) is 18.2 Å². The van der Waals surface area contributed by atoms with Crippen LogP contribution in [0.3, 0.4) is 0 Å². The normalized spacial score (nSPS) is 13.2. The molecular weight excluding hydrogens is 320 g/mol.